The van der Waals surface area contributed by atoms with E-state index < -0.39 is 11.9 Å². The highest BCUT2D eigenvalue weighted by molar-refractivity contribution is 5.78. The summed E-state index contributed by atoms with van der Waals surface area (Å²) in [6.45, 7) is 5.29. The highest BCUT2D eigenvalue weighted by Gasteiger charge is 2.30. The van der Waals surface area contributed by atoms with Crippen molar-refractivity contribution in [2.45, 2.75) is 32.6 Å². The lowest BCUT2D eigenvalue weighted by Gasteiger charge is -2.27. The number of ether oxygens (including phenoxy) is 2. The number of hydrogen-bond donors (Lipinski definition) is 2. The molecule has 1 aliphatic heterocycles. The number of para-hydroxylation sites is 1. The Balaban J connectivity index is 1.84. The third-order valence-electron chi connectivity index (χ3n) is 4.57. The fourth-order valence-electron chi connectivity index (χ4n) is 3.08. The van der Waals surface area contributed by atoms with Crippen LogP contribution in [0, 0.1) is 11.8 Å². The Morgan fingerprint density at radius 1 is 1.28 bits per heavy atom. The molecule has 1 unspecified atom stereocenters. The SMILES string of the molecule is CC(C)c1ccccc1OCC(=O)NCC(C(=O)O)C1CCOCC1. The number of carbonyl (C=O) groups excluding carboxylic acids is 1. The minimum Gasteiger partial charge on any atom is -0.483 e. The van der Waals surface area contributed by atoms with E-state index in [0.717, 1.165) is 5.56 Å². The highest BCUT2D eigenvalue weighted by Crippen LogP contribution is 2.26. The Bertz CT molecular complexity index is 581. The second-order valence-corrected chi connectivity index (χ2v) is 6.68. The second-order valence-electron chi connectivity index (χ2n) is 6.68. The number of benzene rings is 1. The Kier molecular flexibility index (Phi) is 7.25. The van der Waals surface area contributed by atoms with Gasteiger partial charge in [-0.3, -0.25) is 9.59 Å². The maximum atomic E-state index is 12.1. The van der Waals surface area contributed by atoms with Crippen molar-refractivity contribution in [2.24, 2.45) is 11.8 Å². The third kappa shape index (κ3) is 5.74. The Labute approximate surface area is 148 Å². The monoisotopic (exact) mass is 349 g/mol. The first-order chi connectivity index (χ1) is 12.0. The van der Waals surface area contributed by atoms with Crippen LogP contribution in [0.25, 0.3) is 0 Å². The van der Waals surface area contributed by atoms with Gasteiger partial charge in [0.05, 0.1) is 5.92 Å². The van der Waals surface area contributed by atoms with E-state index in [-0.39, 0.29) is 25.0 Å². The molecule has 138 valence electrons. The largest absolute Gasteiger partial charge is 0.483 e. The van der Waals surface area contributed by atoms with Crippen molar-refractivity contribution in [1.29, 1.82) is 0 Å². The fourth-order valence-corrected chi connectivity index (χ4v) is 3.08. The maximum absolute atomic E-state index is 12.1. The quantitative estimate of drug-likeness (QED) is 0.753. The molecule has 6 heteroatoms. The van der Waals surface area contributed by atoms with Gasteiger partial charge in [0, 0.05) is 19.8 Å². The zero-order chi connectivity index (χ0) is 18.2. The summed E-state index contributed by atoms with van der Waals surface area (Å²) in [5, 5.41) is 12.1. The van der Waals surface area contributed by atoms with Gasteiger partial charge in [0.15, 0.2) is 6.61 Å². The molecule has 1 heterocycles. The van der Waals surface area contributed by atoms with Crippen LogP contribution in [-0.4, -0.2) is 43.3 Å². The molecule has 1 aliphatic rings. The van der Waals surface area contributed by atoms with E-state index in [4.69, 9.17) is 9.47 Å². The Hall–Kier alpha value is -2.08. The molecular formula is C19H27NO5. The van der Waals surface area contributed by atoms with Crippen molar-refractivity contribution in [3.63, 3.8) is 0 Å². The van der Waals surface area contributed by atoms with E-state index in [2.05, 4.69) is 19.2 Å². The minimum atomic E-state index is -0.877. The summed E-state index contributed by atoms with van der Waals surface area (Å²) in [4.78, 5) is 23.5. The lowest BCUT2D eigenvalue weighted by molar-refractivity contribution is -0.145. The van der Waals surface area contributed by atoms with Crippen LogP contribution in [0.3, 0.4) is 0 Å². The predicted molar refractivity (Wildman–Crippen MR) is 93.7 cm³/mol. The van der Waals surface area contributed by atoms with Gasteiger partial charge in [-0.1, -0.05) is 32.0 Å². The zero-order valence-electron chi connectivity index (χ0n) is 14.9. The van der Waals surface area contributed by atoms with Crippen molar-refractivity contribution in [2.75, 3.05) is 26.4 Å². The molecule has 1 fully saturated rings. The summed E-state index contributed by atoms with van der Waals surface area (Å²) in [5.41, 5.74) is 1.04. The number of carbonyl (C=O) groups is 2. The molecule has 0 aliphatic carbocycles. The van der Waals surface area contributed by atoms with Crippen molar-refractivity contribution in [3.8, 4) is 5.75 Å². The smallest absolute Gasteiger partial charge is 0.308 e. The minimum absolute atomic E-state index is 0.0362. The van der Waals surface area contributed by atoms with Crippen LogP contribution in [0.15, 0.2) is 24.3 Å². The summed E-state index contributed by atoms with van der Waals surface area (Å²) in [7, 11) is 0. The third-order valence-corrected chi connectivity index (χ3v) is 4.57. The van der Waals surface area contributed by atoms with Gasteiger partial charge in [-0.15, -0.1) is 0 Å². The first-order valence-corrected chi connectivity index (χ1v) is 8.78. The molecule has 1 amide bonds. The zero-order valence-corrected chi connectivity index (χ0v) is 14.9. The van der Waals surface area contributed by atoms with Crippen molar-refractivity contribution in [1.82, 2.24) is 5.32 Å². The van der Waals surface area contributed by atoms with E-state index in [1.165, 1.54) is 0 Å². The molecule has 0 saturated carbocycles. The summed E-state index contributed by atoms with van der Waals surface area (Å²) >= 11 is 0. The van der Waals surface area contributed by atoms with E-state index in [1.807, 2.05) is 24.3 Å². The van der Waals surface area contributed by atoms with Crippen LogP contribution in [0.4, 0.5) is 0 Å². The molecule has 1 saturated heterocycles. The average Bonchev–Trinajstić information content (AvgIpc) is 2.61. The molecule has 6 nitrogen and oxygen atoms in total. The van der Waals surface area contributed by atoms with Crippen LogP contribution < -0.4 is 10.1 Å². The standard InChI is InChI=1S/C19H27NO5/c1-13(2)15-5-3-4-6-17(15)25-12-18(21)20-11-16(19(22)23)14-7-9-24-10-8-14/h3-6,13-14,16H,7-12H2,1-2H3,(H,20,21)(H,22,23). The van der Waals surface area contributed by atoms with Crippen molar-refractivity contribution >= 4 is 11.9 Å². The normalized spacial score (nSPS) is 16.4. The molecule has 0 spiro atoms. The fraction of sp³-hybridized carbons (Fsp3) is 0.579. The number of hydrogen-bond acceptors (Lipinski definition) is 4. The van der Waals surface area contributed by atoms with Gasteiger partial charge < -0.3 is 19.9 Å². The van der Waals surface area contributed by atoms with E-state index in [0.29, 0.717) is 37.7 Å². The number of nitrogens with one attached hydrogen (secondary N) is 1. The number of rotatable bonds is 8. The van der Waals surface area contributed by atoms with E-state index in [9.17, 15) is 14.7 Å². The molecule has 2 N–H and O–H groups in total. The molecule has 1 aromatic carbocycles. The number of carboxylic acid groups (broad SMARTS) is 1. The molecule has 25 heavy (non-hydrogen) atoms. The molecule has 0 aromatic heterocycles. The molecule has 1 aromatic rings. The van der Waals surface area contributed by atoms with E-state index >= 15 is 0 Å². The number of aliphatic carboxylic acids is 1. The number of amides is 1. The molecular weight excluding hydrogens is 322 g/mol. The van der Waals surface area contributed by atoms with Gasteiger partial charge >= 0.3 is 5.97 Å². The van der Waals surface area contributed by atoms with Crippen LogP contribution in [0.5, 0.6) is 5.75 Å². The second kappa shape index (κ2) is 9.42. The number of carboxylic acids is 1. The molecule has 0 radical (unpaired) electrons. The van der Waals surface area contributed by atoms with Gasteiger partial charge in [-0.2, -0.15) is 0 Å². The Morgan fingerprint density at radius 2 is 1.96 bits per heavy atom. The predicted octanol–water partition coefficient (Wildman–Crippen LogP) is 2.43. The van der Waals surface area contributed by atoms with Crippen LogP contribution in [0.2, 0.25) is 0 Å². The van der Waals surface area contributed by atoms with Crippen LogP contribution >= 0.6 is 0 Å². The molecule has 1 atom stereocenters. The Morgan fingerprint density at radius 3 is 2.60 bits per heavy atom. The first-order valence-electron chi connectivity index (χ1n) is 8.78. The summed E-state index contributed by atoms with van der Waals surface area (Å²) in [5.74, 6) is -0.754. The summed E-state index contributed by atoms with van der Waals surface area (Å²) in [6, 6.07) is 7.62. The van der Waals surface area contributed by atoms with Gasteiger partial charge in [0.2, 0.25) is 0 Å². The first kappa shape index (κ1) is 19.2. The average molecular weight is 349 g/mol. The van der Waals surface area contributed by atoms with Crippen LogP contribution in [0.1, 0.15) is 38.2 Å². The summed E-state index contributed by atoms with van der Waals surface area (Å²) < 4.78 is 10.9. The maximum Gasteiger partial charge on any atom is 0.308 e. The molecule has 2 rings (SSSR count). The van der Waals surface area contributed by atoms with Gasteiger partial charge in [0.1, 0.15) is 5.75 Å². The highest BCUT2D eigenvalue weighted by atomic mass is 16.5. The van der Waals surface area contributed by atoms with Crippen molar-refractivity contribution < 1.29 is 24.2 Å². The van der Waals surface area contributed by atoms with Gasteiger partial charge in [-0.25, -0.2) is 0 Å². The van der Waals surface area contributed by atoms with Gasteiger partial charge in [-0.05, 0) is 36.3 Å². The van der Waals surface area contributed by atoms with Crippen LogP contribution in [-0.2, 0) is 14.3 Å². The van der Waals surface area contributed by atoms with Crippen molar-refractivity contribution in [3.05, 3.63) is 29.8 Å². The topological polar surface area (TPSA) is 84.9 Å². The van der Waals surface area contributed by atoms with E-state index in [1.54, 1.807) is 0 Å². The lowest BCUT2D eigenvalue weighted by atomic mass is 9.86. The lowest BCUT2D eigenvalue weighted by Crippen LogP contribution is -2.40. The molecule has 0 bridgehead atoms. The summed E-state index contributed by atoms with van der Waals surface area (Å²) in [6.07, 6.45) is 1.43. The van der Waals surface area contributed by atoms with Gasteiger partial charge in [0.25, 0.3) is 5.91 Å².